The highest BCUT2D eigenvalue weighted by Crippen LogP contribution is 2.19. The Labute approximate surface area is 131 Å². The molecular weight excluding hydrogens is 302 g/mol. The highest BCUT2D eigenvalue weighted by Gasteiger charge is 2.29. The Balaban J connectivity index is 1.61. The second-order valence-electron chi connectivity index (χ2n) is 5.70. The molecule has 116 valence electrons. The molecule has 2 aromatic rings. The minimum atomic E-state index is -0.297. The van der Waals surface area contributed by atoms with Gasteiger partial charge in [-0.1, -0.05) is 0 Å². The number of rotatable bonds is 1. The van der Waals surface area contributed by atoms with Crippen molar-refractivity contribution in [3.8, 4) is 0 Å². The van der Waals surface area contributed by atoms with Crippen LogP contribution in [0.15, 0.2) is 16.2 Å². The van der Waals surface area contributed by atoms with Gasteiger partial charge in [0.25, 0.3) is 11.5 Å². The quantitative estimate of drug-likeness (QED) is 0.787. The van der Waals surface area contributed by atoms with E-state index >= 15 is 0 Å². The maximum atomic E-state index is 12.5. The first-order chi connectivity index (χ1) is 10.7. The van der Waals surface area contributed by atoms with E-state index in [1.807, 2.05) is 16.3 Å². The van der Waals surface area contributed by atoms with Gasteiger partial charge < -0.3 is 9.64 Å². The molecule has 2 aliphatic heterocycles. The molecule has 0 aliphatic carbocycles. The Hall–Kier alpha value is -1.73. The Kier molecular flexibility index (Phi) is 3.46. The fourth-order valence-electron chi connectivity index (χ4n) is 3.18. The summed E-state index contributed by atoms with van der Waals surface area (Å²) in [5, 5.41) is 1.90. The van der Waals surface area contributed by atoms with Crippen LogP contribution in [0.1, 0.15) is 18.7 Å². The van der Waals surface area contributed by atoms with Gasteiger partial charge in [0.1, 0.15) is 16.6 Å². The SMILES string of the molecule is O=C([C@@H]1CCCO1)N1CCc2nc3ccsc3c(=O)n2CC1. The topological polar surface area (TPSA) is 64.4 Å². The van der Waals surface area contributed by atoms with Gasteiger partial charge in [-0.25, -0.2) is 4.98 Å². The van der Waals surface area contributed by atoms with Crippen LogP contribution in [-0.2, 0) is 22.5 Å². The number of ether oxygens (including phenoxy) is 1. The third-order valence-corrected chi connectivity index (χ3v) is 5.25. The first-order valence-electron chi connectivity index (χ1n) is 7.61. The molecule has 6 nitrogen and oxygen atoms in total. The molecule has 0 spiro atoms. The summed E-state index contributed by atoms with van der Waals surface area (Å²) in [6.45, 7) is 2.32. The number of aromatic nitrogens is 2. The molecule has 1 atom stereocenters. The number of carbonyl (C=O) groups excluding carboxylic acids is 1. The highest BCUT2D eigenvalue weighted by atomic mass is 32.1. The van der Waals surface area contributed by atoms with Crippen LogP contribution in [-0.4, -0.2) is 46.2 Å². The predicted octanol–water partition coefficient (Wildman–Crippen LogP) is 1.02. The summed E-state index contributed by atoms with van der Waals surface area (Å²) in [6.07, 6.45) is 2.06. The molecule has 0 bridgehead atoms. The number of fused-ring (bicyclic) bond motifs is 2. The molecule has 2 aliphatic rings. The lowest BCUT2D eigenvalue weighted by Gasteiger charge is -2.22. The lowest BCUT2D eigenvalue weighted by atomic mass is 10.2. The van der Waals surface area contributed by atoms with Crippen molar-refractivity contribution in [1.29, 1.82) is 0 Å². The average molecular weight is 319 g/mol. The number of nitrogens with zero attached hydrogens (tertiary/aromatic N) is 3. The van der Waals surface area contributed by atoms with Crippen LogP contribution in [0.2, 0.25) is 0 Å². The van der Waals surface area contributed by atoms with E-state index in [-0.39, 0.29) is 17.6 Å². The molecule has 22 heavy (non-hydrogen) atoms. The third-order valence-electron chi connectivity index (χ3n) is 4.36. The standard InChI is InChI=1S/C15H17N3O3S/c19-14(11-2-1-8-21-11)17-5-3-12-16-10-4-9-22-13(10)15(20)18(12)7-6-17/h4,9,11H,1-3,5-8H2/t11-/m0/s1. The minimum Gasteiger partial charge on any atom is -0.368 e. The van der Waals surface area contributed by atoms with Crippen molar-refractivity contribution in [2.45, 2.75) is 31.9 Å². The summed E-state index contributed by atoms with van der Waals surface area (Å²) < 4.78 is 7.91. The maximum absolute atomic E-state index is 12.5. The Bertz CT molecular complexity index is 776. The monoisotopic (exact) mass is 319 g/mol. The first kappa shape index (κ1) is 13.9. The number of hydrogen-bond acceptors (Lipinski definition) is 5. The summed E-state index contributed by atoms with van der Waals surface area (Å²) in [6, 6.07) is 1.88. The van der Waals surface area contributed by atoms with Gasteiger partial charge in [0.15, 0.2) is 0 Å². The average Bonchev–Trinajstić information content (AvgIpc) is 3.15. The van der Waals surface area contributed by atoms with E-state index in [2.05, 4.69) is 4.98 Å². The molecule has 1 amide bonds. The van der Waals surface area contributed by atoms with Crippen LogP contribution in [0.4, 0.5) is 0 Å². The normalized spacial score (nSPS) is 21.8. The van der Waals surface area contributed by atoms with E-state index in [1.165, 1.54) is 11.3 Å². The summed E-state index contributed by atoms with van der Waals surface area (Å²) >= 11 is 1.42. The molecule has 1 fully saturated rings. The van der Waals surface area contributed by atoms with Crippen molar-refractivity contribution in [3.05, 3.63) is 27.6 Å². The van der Waals surface area contributed by atoms with Crippen LogP contribution < -0.4 is 5.56 Å². The fourth-order valence-corrected chi connectivity index (χ4v) is 3.95. The maximum Gasteiger partial charge on any atom is 0.271 e. The van der Waals surface area contributed by atoms with Gasteiger partial charge in [-0.3, -0.25) is 14.2 Å². The van der Waals surface area contributed by atoms with E-state index in [4.69, 9.17) is 4.74 Å². The van der Waals surface area contributed by atoms with E-state index in [0.29, 0.717) is 37.4 Å². The highest BCUT2D eigenvalue weighted by molar-refractivity contribution is 7.17. The molecular formula is C15H17N3O3S. The Morgan fingerprint density at radius 3 is 3.09 bits per heavy atom. The molecule has 4 heterocycles. The fraction of sp³-hybridized carbons (Fsp3) is 0.533. The molecule has 1 saturated heterocycles. The van der Waals surface area contributed by atoms with E-state index in [1.54, 1.807) is 4.57 Å². The third kappa shape index (κ3) is 2.24. The van der Waals surface area contributed by atoms with Crippen LogP contribution in [0.25, 0.3) is 10.2 Å². The molecule has 0 unspecified atom stereocenters. The molecule has 0 N–H and O–H groups in total. The molecule has 0 saturated carbocycles. The zero-order valence-electron chi connectivity index (χ0n) is 12.2. The summed E-state index contributed by atoms with van der Waals surface area (Å²) in [4.78, 5) is 31.4. The second kappa shape index (κ2) is 5.48. The van der Waals surface area contributed by atoms with E-state index in [0.717, 1.165) is 24.2 Å². The van der Waals surface area contributed by atoms with Crippen molar-refractivity contribution in [2.24, 2.45) is 0 Å². The Morgan fingerprint density at radius 1 is 1.36 bits per heavy atom. The second-order valence-corrected chi connectivity index (χ2v) is 6.61. The van der Waals surface area contributed by atoms with Gasteiger partial charge in [0.2, 0.25) is 0 Å². The molecule has 0 radical (unpaired) electrons. The number of amides is 1. The van der Waals surface area contributed by atoms with Crippen molar-refractivity contribution >= 4 is 27.5 Å². The van der Waals surface area contributed by atoms with Gasteiger partial charge in [-0.2, -0.15) is 0 Å². The van der Waals surface area contributed by atoms with Crippen LogP contribution in [0.3, 0.4) is 0 Å². The Morgan fingerprint density at radius 2 is 2.27 bits per heavy atom. The molecule has 4 rings (SSSR count). The lowest BCUT2D eigenvalue weighted by molar-refractivity contribution is -0.140. The largest absolute Gasteiger partial charge is 0.368 e. The van der Waals surface area contributed by atoms with Crippen molar-refractivity contribution in [2.75, 3.05) is 19.7 Å². The lowest BCUT2D eigenvalue weighted by Crippen LogP contribution is -2.40. The van der Waals surface area contributed by atoms with Crippen LogP contribution >= 0.6 is 11.3 Å². The van der Waals surface area contributed by atoms with E-state index < -0.39 is 0 Å². The summed E-state index contributed by atoms with van der Waals surface area (Å²) in [7, 11) is 0. The van der Waals surface area contributed by atoms with Gasteiger partial charge >= 0.3 is 0 Å². The zero-order chi connectivity index (χ0) is 15.1. The molecule has 7 heteroatoms. The van der Waals surface area contributed by atoms with Crippen LogP contribution in [0.5, 0.6) is 0 Å². The zero-order valence-corrected chi connectivity index (χ0v) is 13.0. The van der Waals surface area contributed by atoms with Crippen molar-refractivity contribution in [3.63, 3.8) is 0 Å². The summed E-state index contributed by atoms with van der Waals surface area (Å²) in [5.41, 5.74) is 0.779. The van der Waals surface area contributed by atoms with Gasteiger partial charge in [0.05, 0.1) is 5.52 Å². The number of thiophene rings is 1. The predicted molar refractivity (Wildman–Crippen MR) is 83.1 cm³/mol. The van der Waals surface area contributed by atoms with Gasteiger partial charge in [0, 0.05) is 32.7 Å². The minimum absolute atomic E-state index is 0.0152. The van der Waals surface area contributed by atoms with Gasteiger partial charge in [-0.15, -0.1) is 11.3 Å². The number of hydrogen-bond donors (Lipinski definition) is 0. The molecule has 0 aromatic carbocycles. The van der Waals surface area contributed by atoms with Gasteiger partial charge in [-0.05, 0) is 24.3 Å². The van der Waals surface area contributed by atoms with Crippen LogP contribution in [0, 0.1) is 0 Å². The number of carbonyl (C=O) groups is 1. The molecule has 2 aromatic heterocycles. The van der Waals surface area contributed by atoms with Crippen molar-refractivity contribution in [1.82, 2.24) is 14.5 Å². The van der Waals surface area contributed by atoms with Crippen molar-refractivity contribution < 1.29 is 9.53 Å². The smallest absolute Gasteiger partial charge is 0.271 e. The van der Waals surface area contributed by atoms with E-state index in [9.17, 15) is 9.59 Å². The summed E-state index contributed by atoms with van der Waals surface area (Å²) in [5.74, 6) is 0.832. The first-order valence-corrected chi connectivity index (χ1v) is 8.49.